The first kappa shape index (κ1) is 31.0. The van der Waals surface area contributed by atoms with Crippen molar-refractivity contribution in [2.45, 2.75) is 49.8 Å². The molecule has 2 aromatic rings. The van der Waals surface area contributed by atoms with E-state index in [2.05, 4.69) is 0 Å². The maximum Gasteiger partial charge on any atom is 0.469 e. The second kappa shape index (κ2) is 13.2. The quantitative estimate of drug-likeness (QED) is 0.0940. The zero-order valence-corrected chi connectivity index (χ0v) is 23.5. The van der Waals surface area contributed by atoms with Gasteiger partial charge in [0.15, 0.2) is 9.84 Å². The second-order valence-corrected chi connectivity index (χ2v) is 13.0. The van der Waals surface area contributed by atoms with Crippen molar-refractivity contribution >= 4 is 29.4 Å². The number of hydrogen-bond donors (Lipinski definition) is 4. The van der Waals surface area contributed by atoms with Crippen LogP contribution in [0, 0.1) is 11.8 Å². The lowest BCUT2D eigenvalue weighted by Gasteiger charge is -2.34. The molecule has 2 aromatic carbocycles. The van der Waals surface area contributed by atoms with Gasteiger partial charge < -0.3 is 25.0 Å². The zero-order chi connectivity index (χ0) is 28.8. The van der Waals surface area contributed by atoms with Gasteiger partial charge in [0.25, 0.3) is 0 Å². The molecule has 1 fully saturated rings. The van der Waals surface area contributed by atoms with Gasteiger partial charge in [-0.2, -0.15) is 0 Å². The molecule has 6 N–H and O–H groups in total. The first-order valence-corrected chi connectivity index (χ1v) is 15.6. The van der Waals surface area contributed by atoms with Crippen molar-refractivity contribution in [3.8, 4) is 0 Å². The number of rotatable bonds is 12. The minimum Gasteiger partial charge on any atom is -0.444 e. The van der Waals surface area contributed by atoms with E-state index in [1.165, 1.54) is 31.2 Å². The van der Waals surface area contributed by atoms with Crippen molar-refractivity contribution in [2.75, 3.05) is 24.7 Å². The van der Waals surface area contributed by atoms with Crippen molar-refractivity contribution in [2.24, 2.45) is 17.7 Å². The molecular formula is C25H36N3O9PS. The van der Waals surface area contributed by atoms with Crippen LogP contribution in [-0.4, -0.2) is 66.5 Å². The van der Waals surface area contributed by atoms with Crippen LogP contribution in [0.5, 0.6) is 0 Å². The lowest BCUT2D eigenvalue weighted by molar-refractivity contribution is -0.0128. The third-order valence-corrected chi connectivity index (χ3v) is 9.21. The Balaban J connectivity index is 1.81. The van der Waals surface area contributed by atoms with Gasteiger partial charge in [0.05, 0.1) is 29.4 Å². The monoisotopic (exact) mass is 585 g/mol. The number of ether oxygens (including phenoxy) is 2. The Labute approximate surface area is 228 Å². The van der Waals surface area contributed by atoms with Gasteiger partial charge in [0.1, 0.15) is 6.10 Å². The molecule has 1 amide bonds. The first-order valence-electron chi connectivity index (χ1n) is 12.5. The van der Waals surface area contributed by atoms with E-state index in [-0.39, 0.29) is 29.6 Å². The Bertz CT molecular complexity index is 1240. The molecule has 0 saturated carbocycles. The summed E-state index contributed by atoms with van der Waals surface area (Å²) in [6.07, 6.45) is -2.33. The van der Waals surface area contributed by atoms with E-state index in [0.29, 0.717) is 18.7 Å². The highest BCUT2D eigenvalue weighted by Crippen LogP contribution is 2.39. The maximum absolute atomic E-state index is 13.3. The van der Waals surface area contributed by atoms with Crippen LogP contribution in [-0.2, 0) is 34.8 Å². The summed E-state index contributed by atoms with van der Waals surface area (Å²) in [5.41, 5.74) is 6.86. The largest absolute Gasteiger partial charge is 0.469 e. The predicted octanol–water partition coefficient (Wildman–Crippen LogP) is 2.51. The highest BCUT2D eigenvalue weighted by atomic mass is 32.2. The van der Waals surface area contributed by atoms with Crippen LogP contribution >= 0.6 is 7.82 Å². The molecule has 0 aliphatic carbocycles. The molecule has 216 valence electrons. The van der Waals surface area contributed by atoms with E-state index in [1.54, 1.807) is 37.3 Å². The van der Waals surface area contributed by atoms with Gasteiger partial charge in [-0.15, -0.1) is 0 Å². The van der Waals surface area contributed by atoms with E-state index < -0.39 is 47.9 Å². The molecule has 0 radical (unpaired) electrons. The predicted molar refractivity (Wildman–Crippen MR) is 144 cm³/mol. The maximum atomic E-state index is 13.3. The number of sulfone groups is 1. The number of hydrazine groups is 1. The molecule has 12 nitrogen and oxygen atoms in total. The van der Waals surface area contributed by atoms with Gasteiger partial charge in [-0.25, -0.2) is 28.6 Å². The normalized spacial score (nSPS) is 19.2. The van der Waals surface area contributed by atoms with Crippen molar-refractivity contribution in [1.82, 2.24) is 5.01 Å². The number of nitrogens with zero attached hydrogens (tertiary/aromatic N) is 1. The number of benzene rings is 2. The standard InChI is InChI=1S/C25H36N3O9PS/c1-17(16-39(33,34)22-10-8-21(26)9-11-22)24(20-12-13-35-15-20)36-25(29)28(27)23(18(2)37-38(30,31)32)14-19-6-4-3-5-7-19/h3-11,17-18,20,23-24H,12-16,26-27H2,1-2H3,(H2,30,31,32)/t17?,18-,20+,23?,24?/m1/s1. The third kappa shape index (κ3) is 9.00. The molecule has 39 heavy (non-hydrogen) atoms. The summed E-state index contributed by atoms with van der Waals surface area (Å²) in [4.78, 5) is 32.1. The minimum atomic E-state index is -4.89. The van der Waals surface area contributed by atoms with Crippen LogP contribution in [0.25, 0.3) is 0 Å². The van der Waals surface area contributed by atoms with E-state index in [1.807, 2.05) is 0 Å². The lowest BCUT2D eigenvalue weighted by atomic mass is 9.92. The molecular weight excluding hydrogens is 549 g/mol. The van der Waals surface area contributed by atoms with Crippen LogP contribution in [0.2, 0.25) is 0 Å². The summed E-state index contributed by atoms with van der Waals surface area (Å²) in [6.45, 7) is 3.78. The Morgan fingerprint density at radius 1 is 1.15 bits per heavy atom. The van der Waals surface area contributed by atoms with Crippen molar-refractivity contribution in [1.29, 1.82) is 0 Å². The van der Waals surface area contributed by atoms with E-state index in [0.717, 1.165) is 10.6 Å². The molecule has 0 spiro atoms. The summed E-state index contributed by atoms with van der Waals surface area (Å²) in [5, 5.41) is 0.747. The minimum absolute atomic E-state index is 0.100. The molecule has 3 unspecified atom stereocenters. The van der Waals surface area contributed by atoms with Crippen molar-refractivity contribution in [3.05, 3.63) is 60.2 Å². The average Bonchev–Trinajstić information content (AvgIpc) is 3.39. The Hall–Kier alpha value is -2.51. The molecule has 1 aliphatic heterocycles. The smallest absolute Gasteiger partial charge is 0.444 e. The molecule has 1 saturated heterocycles. The number of nitrogen functional groups attached to an aromatic ring is 1. The Kier molecular flexibility index (Phi) is 10.5. The summed E-state index contributed by atoms with van der Waals surface area (Å²) in [5.74, 6) is 4.97. The van der Waals surface area contributed by atoms with Gasteiger partial charge in [-0.3, -0.25) is 4.52 Å². The number of carbonyl (C=O) groups is 1. The molecule has 1 aliphatic rings. The van der Waals surface area contributed by atoms with Gasteiger partial charge >= 0.3 is 13.9 Å². The number of phosphoric ester groups is 1. The van der Waals surface area contributed by atoms with Gasteiger partial charge in [-0.05, 0) is 49.6 Å². The summed E-state index contributed by atoms with van der Waals surface area (Å²) >= 11 is 0. The highest BCUT2D eigenvalue weighted by Gasteiger charge is 2.39. The zero-order valence-electron chi connectivity index (χ0n) is 21.8. The van der Waals surface area contributed by atoms with Gasteiger partial charge in [0, 0.05) is 24.1 Å². The SMILES string of the molecule is CC(CS(=O)(=O)c1ccc(N)cc1)C(OC(=O)N(N)C(Cc1ccccc1)[C@@H](C)OP(=O)(O)O)[C@H]1CCOC1. The number of amides is 1. The van der Waals surface area contributed by atoms with Crippen LogP contribution in [0.1, 0.15) is 25.8 Å². The van der Waals surface area contributed by atoms with Gasteiger partial charge in [-0.1, -0.05) is 37.3 Å². The number of hydrogen-bond acceptors (Lipinski definition) is 9. The summed E-state index contributed by atoms with van der Waals surface area (Å²) < 4.78 is 53.8. The fourth-order valence-corrected chi connectivity index (χ4v) is 6.85. The summed E-state index contributed by atoms with van der Waals surface area (Å²) in [7, 11) is -8.63. The van der Waals surface area contributed by atoms with Crippen LogP contribution in [0.15, 0.2) is 59.5 Å². The fraction of sp³-hybridized carbons (Fsp3) is 0.480. The second-order valence-electron chi connectivity index (χ2n) is 9.77. The first-order chi connectivity index (χ1) is 18.3. The topological polar surface area (TPSA) is 192 Å². The van der Waals surface area contributed by atoms with E-state index in [9.17, 15) is 27.6 Å². The molecule has 3 rings (SSSR count). The third-order valence-electron chi connectivity index (χ3n) is 6.65. The molecule has 14 heteroatoms. The number of anilines is 1. The number of nitrogens with two attached hydrogens (primary N) is 2. The van der Waals surface area contributed by atoms with Gasteiger partial charge in [0.2, 0.25) is 0 Å². The average molecular weight is 586 g/mol. The van der Waals surface area contributed by atoms with Crippen LogP contribution in [0.4, 0.5) is 10.5 Å². The van der Waals surface area contributed by atoms with Crippen LogP contribution < -0.4 is 11.6 Å². The van der Waals surface area contributed by atoms with E-state index >= 15 is 0 Å². The van der Waals surface area contributed by atoms with E-state index in [4.69, 9.17) is 25.6 Å². The highest BCUT2D eigenvalue weighted by molar-refractivity contribution is 7.91. The Morgan fingerprint density at radius 2 is 1.79 bits per heavy atom. The molecule has 0 bridgehead atoms. The lowest BCUT2D eigenvalue weighted by Crippen LogP contribution is -2.54. The number of phosphoric acid groups is 1. The van der Waals surface area contributed by atoms with Crippen molar-refractivity contribution in [3.63, 3.8) is 0 Å². The number of carbonyl (C=O) groups excluding carboxylic acids is 1. The molecule has 5 atom stereocenters. The fourth-order valence-electron chi connectivity index (χ4n) is 4.65. The molecule has 1 heterocycles. The summed E-state index contributed by atoms with van der Waals surface area (Å²) in [6, 6.07) is 13.7. The van der Waals surface area contributed by atoms with Crippen LogP contribution in [0.3, 0.4) is 0 Å². The van der Waals surface area contributed by atoms with Crippen molar-refractivity contribution < 1.29 is 41.6 Å². The Morgan fingerprint density at radius 3 is 2.36 bits per heavy atom. The molecule has 0 aromatic heterocycles.